The average molecular weight is 797 g/mol. The van der Waals surface area contributed by atoms with Crippen molar-refractivity contribution in [3.8, 4) is 23.4 Å². The van der Waals surface area contributed by atoms with Gasteiger partial charge in [0, 0.05) is 11.8 Å². The Morgan fingerprint density at radius 3 is 2.33 bits per heavy atom. The lowest BCUT2D eigenvalue weighted by atomic mass is 9.91. The second kappa shape index (κ2) is 18.0. The number of carbonyl (C=O) groups excluding carboxylic acids is 2. The summed E-state index contributed by atoms with van der Waals surface area (Å²) in [6, 6.07) is 17.1. The third-order valence-corrected chi connectivity index (χ3v) is 8.74. The molecule has 2 N–H and O–H groups in total. The van der Waals surface area contributed by atoms with Gasteiger partial charge in [0.1, 0.15) is 28.6 Å². The number of nitriles is 1. The van der Waals surface area contributed by atoms with E-state index < -0.39 is 29.1 Å². The normalized spacial score (nSPS) is 11.7. The van der Waals surface area contributed by atoms with Gasteiger partial charge in [-0.1, -0.05) is 49.7 Å². The van der Waals surface area contributed by atoms with Crippen molar-refractivity contribution in [1.82, 2.24) is 24.3 Å². The summed E-state index contributed by atoms with van der Waals surface area (Å²) in [7, 11) is 3.01. The van der Waals surface area contributed by atoms with E-state index in [9.17, 15) is 19.6 Å². The molecule has 0 saturated heterocycles. The highest BCUT2D eigenvalue weighted by Gasteiger charge is 2.34. The van der Waals surface area contributed by atoms with Crippen LogP contribution in [0.15, 0.2) is 71.8 Å². The van der Waals surface area contributed by atoms with Crippen LogP contribution in [0.2, 0.25) is 5.02 Å². The van der Waals surface area contributed by atoms with Crippen LogP contribution in [0, 0.1) is 11.3 Å². The van der Waals surface area contributed by atoms with Crippen LogP contribution in [0.5, 0.6) is 11.6 Å². The number of rotatable bonds is 15. The number of aromatic nitrogens is 5. The van der Waals surface area contributed by atoms with Gasteiger partial charge < -0.3 is 34.1 Å². The van der Waals surface area contributed by atoms with Gasteiger partial charge in [0.05, 0.1) is 62.6 Å². The smallest absolute Gasteiger partial charge is 0.359 e. The molecule has 1 unspecified atom stereocenters. The number of anilines is 2. The molecule has 5 rings (SSSR count). The van der Waals surface area contributed by atoms with Crippen molar-refractivity contribution in [3.05, 3.63) is 116 Å². The van der Waals surface area contributed by atoms with E-state index in [0.717, 1.165) is 5.56 Å². The first-order chi connectivity index (χ1) is 27.2. The zero-order chi connectivity index (χ0) is 41.4. The maximum Gasteiger partial charge on any atom is 0.359 e. The van der Waals surface area contributed by atoms with E-state index in [0.29, 0.717) is 39.5 Å². The highest BCUT2D eigenvalue weighted by atomic mass is 35.5. The summed E-state index contributed by atoms with van der Waals surface area (Å²) in [6.45, 7) is 11.0. The summed E-state index contributed by atoms with van der Waals surface area (Å²) in [5, 5.41) is 20.8. The highest BCUT2D eigenvalue weighted by Crippen LogP contribution is 2.38. The number of nitrogens with one attached hydrogen (secondary N) is 2. The second-order valence-electron chi connectivity index (χ2n) is 14.1. The molecular formula is C41H45ClN8O7. The minimum Gasteiger partial charge on any atom is -0.497 e. The number of esters is 2. The summed E-state index contributed by atoms with van der Waals surface area (Å²) in [5.41, 5.74) is 2.65. The van der Waals surface area contributed by atoms with Gasteiger partial charge in [-0.15, -0.1) is 0 Å². The number of ether oxygens (including phenoxy) is 4. The molecule has 0 fully saturated rings. The van der Waals surface area contributed by atoms with Crippen LogP contribution < -0.4 is 25.7 Å². The van der Waals surface area contributed by atoms with Crippen LogP contribution in [-0.4, -0.2) is 69.2 Å². The zero-order valence-electron chi connectivity index (χ0n) is 33.0. The molecule has 298 valence electrons. The van der Waals surface area contributed by atoms with E-state index in [2.05, 4.69) is 26.7 Å². The molecule has 0 radical (unpaired) electrons. The van der Waals surface area contributed by atoms with E-state index in [-0.39, 0.29) is 48.2 Å². The Hall–Kier alpha value is -6.40. The number of methoxy groups -OCH3 is 2. The van der Waals surface area contributed by atoms with Gasteiger partial charge in [-0.2, -0.15) is 15.3 Å². The Labute approximate surface area is 335 Å². The maximum atomic E-state index is 13.9. The standard InChI is InChI=1S/C41H45ClN8O7/c1-9-56-39(53)35-33(36(24(2)3)50(48-35)31-20-44-40(47-37(31)55-8)45-21-32(51)57-41(4,5)6)34(27-14-10-25(19-43)11-15-27)46-28-18-30(42)38(52)49(23-28)22-26-12-16-29(54-7)17-13-26/h10-18,20,23-24,34,46H,9,21-22H2,1-8H3,(H,44,45,47). The van der Waals surface area contributed by atoms with Crippen LogP contribution in [0.25, 0.3) is 5.69 Å². The van der Waals surface area contributed by atoms with Gasteiger partial charge in [-0.25, -0.2) is 14.5 Å². The van der Waals surface area contributed by atoms with Crippen molar-refractivity contribution in [1.29, 1.82) is 5.26 Å². The molecule has 3 aromatic heterocycles. The fourth-order valence-corrected chi connectivity index (χ4v) is 6.27. The molecule has 0 aliphatic heterocycles. The molecule has 0 aliphatic carbocycles. The molecule has 57 heavy (non-hydrogen) atoms. The molecule has 0 aliphatic rings. The second-order valence-corrected chi connectivity index (χ2v) is 14.5. The number of halogens is 1. The first kappa shape index (κ1) is 41.8. The topological polar surface area (TPSA) is 185 Å². The molecule has 3 heterocycles. The van der Waals surface area contributed by atoms with Gasteiger partial charge in [0.25, 0.3) is 5.56 Å². The lowest BCUT2D eigenvalue weighted by Crippen LogP contribution is -2.28. The summed E-state index contributed by atoms with van der Waals surface area (Å²) in [5.74, 6) is -0.579. The molecule has 5 aromatic rings. The van der Waals surface area contributed by atoms with E-state index in [1.165, 1.54) is 23.9 Å². The first-order valence-electron chi connectivity index (χ1n) is 18.1. The molecule has 0 bridgehead atoms. The average Bonchev–Trinajstić information content (AvgIpc) is 3.58. The van der Waals surface area contributed by atoms with E-state index in [1.807, 2.05) is 26.0 Å². The largest absolute Gasteiger partial charge is 0.497 e. The molecule has 1 atom stereocenters. The Kier molecular flexibility index (Phi) is 13.2. The summed E-state index contributed by atoms with van der Waals surface area (Å²) < 4.78 is 24.9. The first-order valence-corrected chi connectivity index (χ1v) is 18.5. The number of hydrogen-bond acceptors (Lipinski definition) is 13. The SMILES string of the molecule is CCOC(=O)c1nn(-c2cnc(NCC(=O)OC(C)(C)C)nc2OC)c(C(C)C)c1C(Nc1cc(Cl)c(=O)n(Cc2ccc(OC)cc2)c1)c1ccc(C#N)cc1. The van der Waals surface area contributed by atoms with Crippen molar-refractivity contribution in [3.63, 3.8) is 0 Å². The Morgan fingerprint density at radius 2 is 1.74 bits per heavy atom. The molecule has 15 nitrogen and oxygen atoms in total. The van der Waals surface area contributed by atoms with Crippen LogP contribution in [0.3, 0.4) is 0 Å². The summed E-state index contributed by atoms with van der Waals surface area (Å²) in [4.78, 5) is 48.5. The third-order valence-electron chi connectivity index (χ3n) is 8.47. The Bertz CT molecular complexity index is 2330. The van der Waals surface area contributed by atoms with Crippen LogP contribution in [0.4, 0.5) is 11.6 Å². The number of benzene rings is 2. The van der Waals surface area contributed by atoms with Crippen molar-refractivity contribution in [2.75, 3.05) is 38.0 Å². The van der Waals surface area contributed by atoms with Crippen molar-refractivity contribution < 1.29 is 28.5 Å². The van der Waals surface area contributed by atoms with Gasteiger partial charge in [-0.3, -0.25) is 9.59 Å². The van der Waals surface area contributed by atoms with Crippen LogP contribution in [-0.2, 0) is 20.8 Å². The fourth-order valence-electron chi connectivity index (χ4n) is 6.05. The van der Waals surface area contributed by atoms with Gasteiger partial charge in [-0.05, 0) is 75.1 Å². The molecule has 16 heteroatoms. The van der Waals surface area contributed by atoms with E-state index >= 15 is 0 Å². The highest BCUT2D eigenvalue weighted by molar-refractivity contribution is 6.30. The molecule has 0 amide bonds. The minimum absolute atomic E-state index is 0.00533. The van der Waals surface area contributed by atoms with Crippen molar-refractivity contribution in [2.24, 2.45) is 0 Å². The molecule has 0 spiro atoms. The predicted octanol–water partition coefficient (Wildman–Crippen LogP) is 6.67. The van der Waals surface area contributed by atoms with Crippen LogP contribution in [0.1, 0.15) is 91.9 Å². The number of hydrogen-bond donors (Lipinski definition) is 2. The van der Waals surface area contributed by atoms with E-state index in [4.69, 9.17) is 35.6 Å². The number of pyridine rings is 1. The number of carbonyl (C=O) groups is 2. The molecular weight excluding hydrogens is 752 g/mol. The minimum atomic E-state index is -0.812. The fraction of sp³-hybridized carbons (Fsp3) is 0.341. The van der Waals surface area contributed by atoms with Crippen molar-refractivity contribution in [2.45, 2.75) is 65.6 Å². The monoisotopic (exact) mass is 796 g/mol. The Morgan fingerprint density at radius 1 is 1.04 bits per heavy atom. The van der Waals surface area contributed by atoms with Gasteiger partial charge >= 0.3 is 11.9 Å². The molecule has 0 saturated carbocycles. The zero-order valence-corrected chi connectivity index (χ0v) is 33.8. The summed E-state index contributed by atoms with van der Waals surface area (Å²) >= 11 is 6.57. The van der Waals surface area contributed by atoms with Gasteiger partial charge in [0.2, 0.25) is 11.8 Å². The lowest BCUT2D eigenvalue weighted by Gasteiger charge is -2.24. The molecule has 2 aromatic carbocycles. The van der Waals surface area contributed by atoms with Gasteiger partial charge in [0.15, 0.2) is 5.69 Å². The van der Waals surface area contributed by atoms with Crippen molar-refractivity contribution >= 4 is 35.2 Å². The third kappa shape index (κ3) is 10.1. The predicted molar refractivity (Wildman–Crippen MR) is 215 cm³/mol. The van der Waals surface area contributed by atoms with E-state index in [1.54, 1.807) is 82.1 Å². The Balaban J connectivity index is 1.67. The maximum absolute atomic E-state index is 13.9. The number of nitrogens with zero attached hydrogens (tertiary/aromatic N) is 6. The summed E-state index contributed by atoms with van der Waals surface area (Å²) in [6.07, 6.45) is 3.12. The quantitative estimate of drug-likeness (QED) is 0.107. The van der Waals surface area contributed by atoms with Crippen LogP contribution >= 0.6 is 11.6 Å². The lowest BCUT2D eigenvalue weighted by molar-refractivity contribution is -0.152.